The van der Waals surface area contributed by atoms with E-state index in [0.717, 1.165) is 56.1 Å². The fourth-order valence-corrected chi connectivity index (χ4v) is 10.6. The predicted octanol–water partition coefficient (Wildman–Crippen LogP) is 15.4. The lowest BCUT2D eigenvalue weighted by atomic mass is 9.86. The van der Waals surface area contributed by atoms with Gasteiger partial charge in [0.1, 0.15) is 28.7 Å². The van der Waals surface area contributed by atoms with E-state index in [0.29, 0.717) is 32.7 Å². The molecular weight excluding hydrogens is 783 g/mol. The number of hydrogen-bond acceptors (Lipinski definition) is 2. The molecule has 6 heterocycles. The lowest BCUT2D eigenvalue weighted by Gasteiger charge is -2.56. The Labute approximate surface area is 379 Å². The maximum Gasteiger partial charge on any atom is 0.186 e. The average molecular weight is 838 g/mol. The van der Waals surface area contributed by atoms with Crippen LogP contribution in [0.1, 0.15) is 62.3 Å². The minimum absolute atomic E-state index is 0.0658. The molecule has 3 aromatic heterocycles. The van der Waals surface area contributed by atoms with Gasteiger partial charge >= 0.3 is 0 Å². The normalized spacial score (nSPS) is 19.1. The Balaban J connectivity index is 0.975. The quantitative estimate of drug-likeness (QED) is 0.123. The third-order valence-electron chi connectivity index (χ3n) is 13.8. The first-order valence-corrected chi connectivity index (χ1v) is 22.2. The average Bonchev–Trinajstić information content (AvgIpc) is 4.00. The number of rotatable bonds is 6. The topological polar surface area (TPSA) is 32.0 Å². The van der Waals surface area contributed by atoms with E-state index in [1.54, 1.807) is 6.07 Å². The minimum Gasteiger partial charge on any atom is -0.457 e. The van der Waals surface area contributed by atoms with Gasteiger partial charge in [0.2, 0.25) is 0 Å². The highest BCUT2D eigenvalue weighted by molar-refractivity contribution is 6.12. The molecule has 0 N–H and O–H groups in total. The molecule has 2 atom stereocenters. The zero-order chi connectivity index (χ0) is 46.3. The summed E-state index contributed by atoms with van der Waals surface area (Å²) in [6, 6.07) is 57.4. The van der Waals surface area contributed by atoms with Crippen LogP contribution in [0.2, 0.25) is 0 Å². The summed E-state index contributed by atoms with van der Waals surface area (Å²) in [5.41, 5.74) is 12.0. The molecule has 7 aromatic carbocycles. The van der Waals surface area contributed by atoms with Gasteiger partial charge in [-0.15, -0.1) is 0 Å². The van der Waals surface area contributed by atoms with Crippen molar-refractivity contribution < 1.29 is 8.85 Å². The standard InChI is InChI=1S/C58H52N5O/c1-38-15-12-24-54-56(38)63(42-17-13-16-39(31-42)57(2,3)4)36-62(54,37-63)43-18-14-19-44(34-43)64-45-26-27-48-49-33-41(60-50-22-10-8-20-46(50)47-21-9-11-23-51(47)60)25-28-52(49)61(53(48)35-45)55-32-40(29-30-59-55)58(5,6)7/h8-36H,37H2,1-7H3/q+1/t62-,63+/m1/s1/i1D3. The Morgan fingerprint density at radius 2 is 1.19 bits per heavy atom. The first kappa shape index (κ1) is 35.5. The van der Waals surface area contributed by atoms with Gasteiger partial charge in [0.05, 0.1) is 28.7 Å². The molecule has 13 rings (SSSR count). The molecular formula is C58H52N5O+. The molecule has 0 aliphatic carbocycles. The number of fused-ring (bicyclic) bond motifs is 6. The van der Waals surface area contributed by atoms with E-state index >= 15 is 0 Å². The molecule has 0 amide bonds. The van der Waals surface area contributed by atoms with Crippen molar-refractivity contribution in [1.82, 2.24) is 23.1 Å². The van der Waals surface area contributed by atoms with Gasteiger partial charge in [-0.2, -0.15) is 0 Å². The van der Waals surface area contributed by atoms with Gasteiger partial charge in [-0.25, -0.2) is 4.98 Å². The molecule has 2 bridgehead atoms. The highest BCUT2D eigenvalue weighted by atomic mass is 16.5. The van der Waals surface area contributed by atoms with Crippen LogP contribution < -0.4 is 13.7 Å². The van der Waals surface area contributed by atoms with E-state index in [2.05, 4.69) is 197 Å². The summed E-state index contributed by atoms with van der Waals surface area (Å²) in [6.07, 6.45) is 1.91. The summed E-state index contributed by atoms with van der Waals surface area (Å²) in [6.45, 7) is 14.0. The lowest BCUT2D eigenvalue weighted by Crippen LogP contribution is -2.67. The van der Waals surface area contributed by atoms with Crippen molar-refractivity contribution in [2.45, 2.75) is 59.2 Å². The van der Waals surface area contributed by atoms with Gasteiger partial charge in [0.25, 0.3) is 0 Å². The number of pyridine rings is 1. The molecule has 10 aromatic rings. The van der Waals surface area contributed by atoms with Crippen molar-refractivity contribution in [2.24, 2.45) is 0 Å². The smallest absolute Gasteiger partial charge is 0.186 e. The molecule has 314 valence electrons. The fourth-order valence-electron chi connectivity index (χ4n) is 10.6. The third kappa shape index (κ3) is 5.62. The number of ether oxygens (including phenoxy) is 1. The molecule has 0 unspecified atom stereocenters. The van der Waals surface area contributed by atoms with Gasteiger partial charge in [-0.3, -0.25) is 13.5 Å². The van der Waals surface area contributed by atoms with Crippen LogP contribution in [0.5, 0.6) is 11.5 Å². The Morgan fingerprint density at radius 3 is 1.92 bits per heavy atom. The summed E-state index contributed by atoms with van der Waals surface area (Å²) in [5.74, 6) is 2.24. The first-order chi connectivity index (χ1) is 32.0. The predicted molar refractivity (Wildman–Crippen MR) is 267 cm³/mol. The van der Waals surface area contributed by atoms with Crippen molar-refractivity contribution in [2.75, 3.05) is 6.67 Å². The molecule has 0 saturated carbocycles. The second kappa shape index (κ2) is 13.5. The van der Waals surface area contributed by atoms with E-state index < -0.39 is 6.85 Å². The summed E-state index contributed by atoms with van der Waals surface area (Å²) in [4.78, 5) is 4.99. The van der Waals surface area contributed by atoms with Crippen LogP contribution in [0, 0.1) is 13.5 Å². The first-order valence-electron chi connectivity index (χ1n) is 23.7. The highest BCUT2D eigenvalue weighted by Crippen LogP contribution is 2.66. The molecule has 3 aliphatic rings. The Morgan fingerprint density at radius 1 is 0.547 bits per heavy atom. The van der Waals surface area contributed by atoms with Crippen LogP contribution in [-0.2, 0) is 10.8 Å². The van der Waals surface area contributed by atoms with Gasteiger partial charge in [-0.1, -0.05) is 108 Å². The summed E-state index contributed by atoms with van der Waals surface area (Å²) in [5, 5.41) is 4.67. The third-order valence-corrected chi connectivity index (χ3v) is 13.8. The number of quaternary nitrogens is 2. The summed E-state index contributed by atoms with van der Waals surface area (Å²) >= 11 is 0. The van der Waals surface area contributed by atoms with Crippen molar-refractivity contribution in [3.05, 3.63) is 193 Å². The summed E-state index contributed by atoms with van der Waals surface area (Å²) in [7, 11) is 0. The molecule has 1 saturated heterocycles. The molecule has 3 aliphatic heterocycles. The maximum absolute atomic E-state index is 8.65. The molecule has 1 fully saturated rings. The van der Waals surface area contributed by atoms with E-state index in [-0.39, 0.29) is 10.8 Å². The fraction of sp³-hybridized carbons (Fsp3) is 0.172. The Hall–Kier alpha value is -6.99. The van der Waals surface area contributed by atoms with Crippen LogP contribution in [-0.4, -0.2) is 20.8 Å². The number of nitrogens with zero attached hydrogens (tertiary/aromatic N) is 5. The number of para-hydroxylation sites is 3. The molecule has 64 heavy (non-hydrogen) atoms. The van der Waals surface area contributed by atoms with Gasteiger partial charge in [-0.05, 0) is 102 Å². The van der Waals surface area contributed by atoms with Crippen LogP contribution >= 0.6 is 0 Å². The zero-order valence-electron chi connectivity index (χ0n) is 40.1. The maximum atomic E-state index is 8.65. The SMILES string of the molecule is [2H]C([2H])([2H])c1cccc2c1[N@@+]1(c3cccc(C(C)(C)C)c3)[CH-][N@+]2(c2cccc(Oc3ccc4c5cc(-n6c7ccccc7c7ccccc76)ccc5n(-c5cc(C(C)(C)C)ccn5)c4c3)c2)C1. The van der Waals surface area contributed by atoms with Crippen molar-refractivity contribution in [1.29, 1.82) is 0 Å². The molecule has 6 nitrogen and oxygen atoms in total. The van der Waals surface area contributed by atoms with Crippen LogP contribution in [0.25, 0.3) is 55.1 Å². The monoisotopic (exact) mass is 837 g/mol. The largest absolute Gasteiger partial charge is 0.457 e. The van der Waals surface area contributed by atoms with Crippen molar-refractivity contribution in [3.63, 3.8) is 0 Å². The second-order valence-corrected chi connectivity index (χ2v) is 19.8. The van der Waals surface area contributed by atoms with E-state index in [4.69, 9.17) is 13.8 Å². The van der Waals surface area contributed by atoms with Gasteiger partial charge in [0, 0.05) is 67.4 Å². The lowest BCUT2D eigenvalue weighted by molar-refractivity contribution is 0.186. The van der Waals surface area contributed by atoms with Crippen molar-refractivity contribution >= 4 is 66.4 Å². The van der Waals surface area contributed by atoms with Crippen molar-refractivity contribution in [3.8, 4) is 23.0 Å². The number of aryl methyl sites for hydroxylation is 1. The van der Waals surface area contributed by atoms with E-state index in [9.17, 15) is 0 Å². The van der Waals surface area contributed by atoms with Crippen LogP contribution in [0.3, 0.4) is 0 Å². The second-order valence-electron chi connectivity index (χ2n) is 19.8. The Bertz CT molecular complexity index is 3600. The zero-order valence-corrected chi connectivity index (χ0v) is 37.1. The summed E-state index contributed by atoms with van der Waals surface area (Å²) < 4.78 is 38.2. The molecule has 0 radical (unpaired) electrons. The molecule has 6 heteroatoms. The number of hydrogen-bond donors (Lipinski definition) is 0. The van der Waals surface area contributed by atoms with Gasteiger partial charge < -0.3 is 9.30 Å². The van der Waals surface area contributed by atoms with E-state index in [1.807, 2.05) is 24.4 Å². The van der Waals surface area contributed by atoms with Gasteiger partial charge in [0.15, 0.2) is 18.0 Å². The highest BCUT2D eigenvalue weighted by Gasteiger charge is 2.63. The van der Waals surface area contributed by atoms with E-state index in [1.165, 1.54) is 32.9 Å². The number of benzene rings is 7. The Kier molecular flexibility index (Phi) is 7.49. The minimum atomic E-state index is -2.28. The number of aromatic nitrogens is 3. The molecule has 0 spiro atoms. The van der Waals surface area contributed by atoms with Crippen LogP contribution in [0.4, 0.5) is 22.7 Å². The van der Waals surface area contributed by atoms with Crippen LogP contribution in [0.15, 0.2) is 170 Å².